The maximum Gasteiger partial charge on any atom is 0.0591 e. The largest absolute Gasteiger partial charge is 0.313 e. The predicted molar refractivity (Wildman–Crippen MR) is 90.9 cm³/mol. The Bertz CT molecular complexity index is 744. The van der Waals surface area contributed by atoms with Gasteiger partial charge in [-0.15, -0.1) is 12.6 Å². The van der Waals surface area contributed by atoms with Gasteiger partial charge in [-0.2, -0.15) is 0 Å². The molecule has 3 aromatic rings. The zero-order chi connectivity index (χ0) is 14.1. The molecule has 0 aliphatic carbocycles. The van der Waals surface area contributed by atoms with E-state index < -0.39 is 0 Å². The summed E-state index contributed by atoms with van der Waals surface area (Å²) in [5.74, 6) is 0. The van der Waals surface area contributed by atoms with Crippen LogP contribution in [-0.4, -0.2) is 4.57 Å². The van der Waals surface area contributed by atoms with Gasteiger partial charge < -0.3 is 4.57 Å². The van der Waals surface area contributed by atoms with Gasteiger partial charge in [-0.05, 0) is 48.9 Å². The average molecular weight is 344 g/mol. The lowest BCUT2D eigenvalue weighted by Crippen LogP contribution is -1.99. The standard InChI is InChI=1S/C17H14BrNS/c1-12-6-11-15(13-7-9-14(18)10-8-13)19(12)16-4-2-3-5-17(16)20/h2-11,20H,1H3. The highest BCUT2D eigenvalue weighted by Gasteiger charge is 2.11. The Morgan fingerprint density at radius 3 is 2.30 bits per heavy atom. The van der Waals surface area contributed by atoms with E-state index in [9.17, 15) is 0 Å². The van der Waals surface area contributed by atoms with E-state index in [0.29, 0.717) is 0 Å². The van der Waals surface area contributed by atoms with E-state index >= 15 is 0 Å². The summed E-state index contributed by atoms with van der Waals surface area (Å²) in [7, 11) is 0. The summed E-state index contributed by atoms with van der Waals surface area (Å²) in [6, 6.07) is 20.8. The van der Waals surface area contributed by atoms with Gasteiger partial charge in [0.1, 0.15) is 0 Å². The van der Waals surface area contributed by atoms with Crippen LogP contribution in [0.15, 0.2) is 70.0 Å². The normalized spacial score (nSPS) is 10.8. The van der Waals surface area contributed by atoms with Crippen molar-refractivity contribution in [3.63, 3.8) is 0 Å². The quantitative estimate of drug-likeness (QED) is 0.586. The number of nitrogens with zero attached hydrogens (tertiary/aromatic N) is 1. The molecule has 100 valence electrons. The van der Waals surface area contributed by atoms with Gasteiger partial charge in [0.2, 0.25) is 0 Å². The summed E-state index contributed by atoms with van der Waals surface area (Å²) in [5.41, 5.74) is 4.68. The molecule has 0 spiro atoms. The van der Waals surface area contributed by atoms with E-state index in [1.54, 1.807) is 0 Å². The van der Waals surface area contributed by atoms with Crippen LogP contribution in [0.3, 0.4) is 0 Å². The molecule has 0 radical (unpaired) electrons. The summed E-state index contributed by atoms with van der Waals surface area (Å²) in [4.78, 5) is 0.977. The number of thiol groups is 1. The van der Waals surface area contributed by atoms with E-state index in [4.69, 9.17) is 0 Å². The minimum atomic E-state index is 0.977. The van der Waals surface area contributed by atoms with Crippen molar-refractivity contribution in [2.75, 3.05) is 0 Å². The zero-order valence-corrected chi connectivity index (χ0v) is 13.5. The van der Waals surface area contributed by atoms with Gasteiger partial charge in [0, 0.05) is 15.1 Å². The van der Waals surface area contributed by atoms with Gasteiger partial charge in [-0.25, -0.2) is 0 Å². The van der Waals surface area contributed by atoms with E-state index in [2.05, 4.69) is 82.5 Å². The molecule has 1 heterocycles. The van der Waals surface area contributed by atoms with Crippen molar-refractivity contribution in [2.45, 2.75) is 11.8 Å². The van der Waals surface area contributed by atoms with E-state index in [1.807, 2.05) is 18.2 Å². The Balaban J connectivity index is 2.20. The lowest BCUT2D eigenvalue weighted by Gasteiger charge is -2.14. The Morgan fingerprint density at radius 1 is 0.900 bits per heavy atom. The molecule has 0 unspecified atom stereocenters. The molecule has 3 rings (SSSR count). The molecule has 20 heavy (non-hydrogen) atoms. The fraction of sp³-hybridized carbons (Fsp3) is 0.0588. The molecule has 0 bridgehead atoms. The molecule has 3 heteroatoms. The molecule has 0 saturated heterocycles. The van der Waals surface area contributed by atoms with Gasteiger partial charge in [-0.3, -0.25) is 0 Å². The van der Waals surface area contributed by atoms with Crippen molar-refractivity contribution in [3.8, 4) is 16.9 Å². The third-order valence-corrected chi connectivity index (χ3v) is 4.25. The SMILES string of the molecule is Cc1ccc(-c2ccc(Br)cc2)n1-c1ccccc1S. The van der Waals surface area contributed by atoms with Gasteiger partial charge in [0.05, 0.1) is 11.4 Å². The highest BCUT2D eigenvalue weighted by Crippen LogP contribution is 2.30. The van der Waals surface area contributed by atoms with Gasteiger partial charge in [0.15, 0.2) is 0 Å². The van der Waals surface area contributed by atoms with E-state index in [0.717, 1.165) is 15.1 Å². The third-order valence-electron chi connectivity index (χ3n) is 3.34. The topological polar surface area (TPSA) is 4.93 Å². The van der Waals surface area contributed by atoms with Crippen LogP contribution in [0, 0.1) is 6.92 Å². The summed E-state index contributed by atoms with van der Waals surface area (Å²) in [6.45, 7) is 2.11. The van der Waals surface area contributed by atoms with Gasteiger partial charge in [0.25, 0.3) is 0 Å². The van der Waals surface area contributed by atoms with Gasteiger partial charge in [-0.1, -0.05) is 40.2 Å². The Hall–Kier alpha value is -1.45. The number of benzene rings is 2. The van der Waals surface area contributed by atoms with Crippen molar-refractivity contribution >= 4 is 28.6 Å². The van der Waals surface area contributed by atoms with E-state index in [-0.39, 0.29) is 0 Å². The Morgan fingerprint density at radius 2 is 1.60 bits per heavy atom. The number of rotatable bonds is 2. The van der Waals surface area contributed by atoms with Crippen LogP contribution in [0.5, 0.6) is 0 Å². The average Bonchev–Trinajstić information content (AvgIpc) is 2.82. The fourth-order valence-electron chi connectivity index (χ4n) is 2.36. The van der Waals surface area contributed by atoms with Crippen LogP contribution >= 0.6 is 28.6 Å². The van der Waals surface area contributed by atoms with Crippen molar-refractivity contribution in [1.29, 1.82) is 0 Å². The maximum absolute atomic E-state index is 4.58. The molecule has 1 nitrogen and oxygen atoms in total. The molecule has 1 aromatic heterocycles. The second-order valence-electron chi connectivity index (χ2n) is 4.69. The Labute approximate surface area is 132 Å². The summed E-state index contributed by atoms with van der Waals surface area (Å²) in [5, 5.41) is 0. The number of hydrogen-bond donors (Lipinski definition) is 1. The molecular formula is C17H14BrNS. The highest BCUT2D eigenvalue weighted by atomic mass is 79.9. The molecular weight excluding hydrogens is 330 g/mol. The molecule has 0 aliphatic heterocycles. The van der Waals surface area contributed by atoms with E-state index in [1.165, 1.54) is 17.0 Å². The maximum atomic E-state index is 4.58. The van der Waals surface area contributed by atoms with Crippen molar-refractivity contribution < 1.29 is 0 Å². The minimum absolute atomic E-state index is 0.977. The smallest absolute Gasteiger partial charge is 0.0591 e. The minimum Gasteiger partial charge on any atom is -0.313 e. The number of para-hydroxylation sites is 1. The first-order valence-corrected chi connectivity index (χ1v) is 7.63. The Kier molecular flexibility index (Phi) is 3.72. The van der Waals surface area contributed by atoms with Crippen LogP contribution in [0.25, 0.3) is 16.9 Å². The summed E-state index contributed by atoms with van der Waals surface area (Å²) in [6.07, 6.45) is 0. The predicted octanol–water partition coefficient (Wildman–Crippen LogP) is 5.50. The highest BCUT2D eigenvalue weighted by molar-refractivity contribution is 9.10. The number of halogens is 1. The first kappa shape index (κ1) is 13.5. The number of hydrogen-bond acceptors (Lipinski definition) is 1. The second kappa shape index (κ2) is 5.51. The second-order valence-corrected chi connectivity index (χ2v) is 6.09. The lowest BCUT2D eigenvalue weighted by atomic mass is 10.1. The van der Waals surface area contributed by atoms with Crippen molar-refractivity contribution in [2.24, 2.45) is 0 Å². The molecule has 0 saturated carbocycles. The fourth-order valence-corrected chi connectivity index (χ4v) is 2.88. The van der Waals surface area contributed by atoms with Gasteiger partial charge >= 0.3 is 0 Å². The number of aryl methyl sites for hydroxylation is 1. The lowest BCUT2D eigenvalue weighted by molar-refractivity contribution is 0.995. The molecule has 0 aliphatic rings. The molecule has 0 amide bonds. The molecule has 0 fully saturated rings. The third kappa shape index (κ3) is 2.43. The van der Waals surface area contributed by atoms with Crippen molar-refractivity contribution in [3.05, 3.63) is 70.8 Å². The molecule has 0 N–H and O–H groups in total. The van der Waals surface area contributed by atoms with Crippen LogP contribution in [0.4, 0.5) is 0 Å². The summed E-state index contributed by atoms with van der Waals surface area (Å²) < 4.78 is 3.33. The molecule has 2 aromatic carbocycles. The van der Waals surface area contributed by atoms with Crippen molar-refractivity contribution in [1.82, 2.24) is 4.57 Å². The monoisotopic (exact) mass is 343 g/mol. The zero-order valence-electron chi connectivity index (χ0n) is 11.0. The van der Waals surface area contributed by atoms with Crippen LogP contribution in [0.2, 0.25) is 0 Å². The molecule has 0 atom stereocenters. The first-order chi connectivity index (χ1) is 9.66. The van der Waals surface area contributed by atoms with Crippen LogP contribution < -0.4 is 0 Å². The van der Waals surface area contributed by atoms with Crippen LogP contribution in [0.1, 0.15) is 5.69 Å². The first-order valence-electron chi connectivity index (χ1n) is 6.39. The van der Waals surface area contributed by atoms with Crippen LogP contribution in [-0.2, 0) is 0 Å². The number of aromatic nitrogens is 1. The summed E-state index contributed by atoms with van der Waals surface area (Å²) >= 11 is 8.06.